The first-order chi connectivity index (χ1) is 13.8. The number of aromatic hydroxyl groups is 2. The Morgan fingerprint density at radius 1 is 1.00 bits per heavy atom. The molecular formula is C18H16N4O6S. The molecule has 3 aromatic rings. The van der Waals surface area contributed by atoms with Crippen LogP contribution in [0.1, 0.15) is 10.4 Å². The Kier molecular flexibility index (Phi) is 5.50. The second-order valence-corrected chi connectivity index (χ2v) is 7.43. The van der Waals surface area contributed by atoms with E-state index in [-0.39, 0.29) is 33.7 Å². The highest BCUT2D eigenvalue weighted by Gasteiger charge is 2.16. The first kappa shape index (κ1) is 19.9. The van der Waals surface area contributed by atoms with E-state index in [2.05, 4.69) is 20.2 Å². The number of anilines is 2. The van der Waals surface area contributed by atoms with Gasteiger partial charge in [-0.2, -0.15) is 0 Å². The van der Waals surface area contributed by atoms with Gasteiger partial charge in [-0.3, -0.25) is 9.52 Å². The number of carbonyl (C=O) groups is 1. The van der Waals surface area contributed by atoms with Crippen molar-refractivity contribution in [3.63, 3.8) is 0 Å². The van der Waals surface area contributed by atoms with E-state index in [0.717, 1.165) is 6.07 Å². The van der Waals surface area contributed by atoms with Gasteiger partial charge in [-0.25, -0.2) is 8.42 Å². The fourth-order valence-corrected chi connectivity index (χ4v) is 3.30. The van der Waals surface area contributed by atoms with Crippen LogP contribution in [-0.4, -0.2) is 41.8 Å². The molecule has 2 aromatic carbocycles. The van der Waals surface area contributed by atoms with Crippen molar-refractivity contribution in [3.05, 3.63) is 60.2 Å². The summed E-state index contributed by atoms with van der Waals surface area (Å²) in [6.07, 6.45) is 0. The fraction of sp³-hybridized carbons (Fsp3) is 0.0556. The standard InChI is InChI=1S/C18H16N4O6S/c1-28-17-9-8-16(20-21-17)22-29(26,27)13-5-2-11(3-6-13)19-18(25)14-7-4-12(23)10-15(14)24/h2-10,23-24H,1H3,(H,19,25)(H,20,22). The number of phenolic OH excluding ortho intramolecular Hbond substituents is 2. The van der Waals surface area contributed by atoms with Gasteiger partial charge in [-0.05, 0) is 42.5 Å². The van der Waals surface area contributed by atoms with Gasteiger partial charge < -0.3 is 20.3 Å². The SMILES string of the molecule is COc1ccc(NS(=O)(=O)c2ccc(NC(=O)c3ccc(O)cc3O)cc2)nn1. The summed E-state index contributed by atoms with van der Waals surface area (Å²) in [4.78, 5) is 12.2. The Morgan fingerprint density at radius 3 is 2.31 bits per heavy atom. The number of amides is 1. The Balaban J connectivity index is 1.72. The third-order valence-electron chi connectivity index (χ3n) is 3.74. The number of nitrogens with zero attached hydrogens (tertiary/aromatic N) is 2. The molecule has 4 N–H and O–H groups in total. The zero-order valence-corrected chi connectivity index (χ0v) is 15.8. The van der Waals surface area contributed by atoms with Crippen molar-refractivity contribution in [2.75, 3.05) is 17.1 Å². The van der Waals surface area contributed by atoms with Crippen LogP contribution in [-0.2, 0) is 10.0 Å². The number of hydrogen-bond acceptors (Lipinski definition) is 8. The second kappa shape index (κ2) is 8.02. The summed E-state index contributed by atoms with van der Waals surface area (Å²) in [5, 5.41) is 28.9. The Labute approximate surface area is 165 Å². The van der Waals surface area contributed by atoms with Gasteiger partial charge in [0.1, 0.15) is 11.5 Å². The molecule has 0 aliphatic carbocycles. The van der Waals surface area contributed by atoms with Gasteiger partial charge in [0, 0.05) is 17.8 Å². The van der Waals surface area contributed by atoms with Crippen LogP contribution in [0.15, 0.2) is 59.5 Å². The molecule has 0 fully saturated rings. The quantitative estimate of drug-likeness (QED) is 0.476. The molecule has 10 nitrogen and oxygen atoms in total. The van der Waals surface area contributed by atoms with E-state index in [1.165, 1.54) is 55.6 Å². The van der Waals surface area contributed by atoms with E-state index in [1.54, 1.807) is 0 Å². The molecule has 3 rings (SSSR count). The number of sulfonamides is 1. The Morgan fingerprint density at radius 2 is 1.72 bits per heavy atom. The number of phenols is 2. The molecule has 0 bridgehead atoms. The third-order valence-corrected chi connectivity index (χ3v) is 5.11. The number of rotatable bonds is 6. The average Bonchev–Trinajstić information content (AvgIpc) is 2.68. The molecule has 0 saturated carbocycles. The molecule has 0 unspecified atom stereocenters. The average molecular weight is 416 g/mol. The van der Waals surface area contributed by atoms with Gasteiger partial charge in [-0.1, -0.05) is 0 Å². The summed E-state index contributed by atoms with van der Waals surface area (Å²) < 4.78 is 32.0. The summed E-state index contributed by atoms with van der Waals surface area (Å²) in [6, 6.07) is 11.8. The van der Waals surface area contributed by atoms with Crippen LogP contribution in [0.5, 0.6) is 17.4 Å². The summed E-state index contributed by atoms with van der Waals surface area (Å²) in [5.74, 6) is -0.919. The first-order valence-corrected chi connectivity index (χ1v) is 9.61. The molecule has 1 amide bonds. The van der Waals surface area contributed by atoms with Crippen LogP contribution >= 0.6 is 0 Å². The van der Waals surface area contributed by atoms with Crippen molar-refractivity contribution in [3.8, 4) is 17.4 Å². The van der Waals surface area contributed by atoms with E-state index in [1.807, 2.05) is 0 Å². The molecule has 11 heteroatoms. The van der Waals surface area contributed by atoms with Gasteiger partial charge in [0.15, 0.2) is 5.82 Å². The van der Waals surface area contributed by atoms with E-state index in [9.17, 15) is 23.4 Å². The number of hydrogen-bond donors (Lipinski definition) is 4. The molecular weight excluding hydrogens is 400 g/mol. The Bertz CT molecular complexity index is 1130. The van der Waals surface area contributed by atoms with E-state index in [0.29, 0.717) is 5.69 Å². The summed E-state index contributed by atoms with van der Waals surface area (Å²) in [6.45, 7) is 0. The van der Waals surface area contributed by atoms with Crippen LogP contribution in [0, 0.1) is 0 Å². The van der Waals surface area contributed by atoms with Gasteiger partial charge in [0.25, 0.3) is 15.9 Å². The molecule has 0 atom stereocenters. The molecule has 0 spiro atoms. The highest BCUT2D eigenvalue weighted by Crippen LogP contribution is 2.24. The van der Waals surface area contributed by atoms with Crippen LogP contribution in [0.3, 0.4) is 0 Å². The molecule has 0 aliphatic heterocycles. The van der Waals surface area contributed by atoms with Crippen molar-refractivity contribution in [2.24, 2.45) is 0 Å². The molecule has 0 saturated heterocycles. The minimum atomic E-state index is -3.92. The van der Waals surface area contributed by atoms with Crippen molar-refractivity contribution in [2.45, 2.75) is 4.90 Å². The number of methoxy groups -OCH3 is 1. The van der Waals surface area contributed by atoms with Gasteiger partial charge in [0.05, 0.1) is 17.6 Å². The van der Waals surface area contributed by atoms with Crippen LogP contribution in [0.2, 0.25) is 0 Å². The maximum Gasteiger partial charge on any atom is 0.263 e. The number of ether oxygens (including phenoxy) is 1. The summed E-state index contributed by atoms with van der Waals surface area (Å²) in [7, 11) is -2.50. The zero-order valence-electron chi connectivity index (χ0n) is 15.0. The zero-order chi connectivity index (χ0) is 21.0. The Hall–Kier alpha value is -3.86. The van der Waals surface area contributed by atoms with Crippen LogP contribution < -0.4 is 14.8 Å². The van der Waals surface area contributed by atoms with Gasteiger partial charge >= 0.3 is 0 Å². The monoisotopic (exact) mass is 416 g/mol. The van der Waals surface area contributed by atoms with Crippen molar-refractivity contribution in [1.82, 2.24) is 10.2 Å². The summed E-state index contributed by atoms with van der Waals surface area (Å²) in [5.41, 5.74) is 0.268. The number of aromatic nitrogens is 2. The molecule has 0 aliphatic rings. The second-order valence-electron chi connectivity index (χ2n) is 5.75. The van der Waals surface area contributed by atoms with E-state index in [4.69, 9.17) is 4.74 Å². The van der Waals surface area contributed by atoms with Crippen molar-refractivity contribution in [1.29, 1.82) is 0 Å². The third kappa shape index (κ3) is 4.71. The smallest absolute Gasteiger partial charge is 0.263 e. The topological polar surface area (TPSA) is 151 Å². The van der Waals surface area contributed by atoms with Crippen LogP contribution in [0.25, 0.3) is 0 Å². The molecule has 150 valence electrons. The number of nitrogens with one attached hydrogen (secondary N) is 2. The van der Waals surface area contributed by atoms with Crippen molar-refractivity contribution >= 4 is 27.4 Å². The van der Waals surface area contributed by atoms with Gasteiger partial charge in [-0.15, -0.1) is 10.2 Å². The molecule has 0 radical (unpaired) electrons. The predicted molar refractivity (Wildman–Crippen MR) is 104 cm³/mol. The minimum absolute atomic E-state index is 0.0194. The lowest BCUT2D eigenvalue weighted by atomic mass is 10.1. The van der Waals surface area contributed by atoms with Crippen molar-refractivity contribution < 1.29 is 28.2 Å². The molecule has 29 heavy (non-hydrogen) atoms. The van der Waals surface area contributed by atoms with Gasteiger partial charge in [0.2, 0.25) is 5.88 Å². The largest absolute Gasteiger partial charge is 0.508 e. The lowest BCUT2D eigenvalue weighted by molar-refractivity contribution is 0.102. The van der Waals surface area contributed by atoms with Crippen LogP contribution in [0.4, 0.5) is 11.5 Å². The number of carbonyl (C=O) groups excluding carboxylic acids is 1. The molecule has 1 aromatic heterocycles. The van der Waals surface area contributed by atoms with E-state index >= 15 is 0 Å². The lowest BCUT2D eigenvalue weighted by Gasteiger charge is -2.09. The fourth-order valence-electron chi connectivity index (χ4n) is 2.31. The maximum absolute atomic E-state index is 12.4. The molecule has 1 heterocycles. The predicted octanol–water partition coefficient (Wildman–Crippen LogP) is 1.95. The highest BCUT2D eigenvalue weighted by atomic mass is 32.2. The lowest BCUT2D eigenvalue weighted by Crippen LogP contribution is -2.15. The highest BCUT2D eigenvalue weighted by molar-refractivity contribution is 7.92. The minimum Gasteiger partial charge on any atom is -0.508 e. The van der Waals surface area contributed by atoms with E-state index < -0.39 is 15.9 Å². The summed E-state index contributed by atoms with van der Waals surface area (Å²) >= 11 is 0. The maximum atomic E-state index is 12.4. The normalized spacial score (nSPS) is 10.9. The number of benzene rings is 2. The first-order valence-electron chi connectivity index (χ1n) is 8.12.